The minimum Gasteiger partial charge on any atom is -0.387 e. The topological polar surface area (TPSA) is 12.0 Å². The van der Waals surface area contributed by atoms with Crippen LogP contribution in [-0.2, 0) is 6.42 Å². The summed E-state index contributed by atoms with van der Waals surface area (Å²) in [5.41, 5.74) is 2.76. The van der Waals surface area contributed by atoms with E-state index in [4.69, 9.17) is 0 Å². The molecule has 26 heavy (non-hydrogen) atoms. The maximum absolute atomic E-state index is 3.53. The molecule has 0 aromatic heterocycles. The molecule has 1 N–H and O–H groups in total. The molecule has 3 rings (SSSR count). The highest BCUT2D eigenvalue weighted by Gasteiger charge is 2.20. The lowest BCUT2D eigenvalue weighted by Gasteiger charge is -2.24. The second-order valence-corrected chi connectivity index (χ2v) is 8.71. The van der Waals surface area contributed by atoms with Crippen molar-refractivity contribution in [2.75, 3.05) is 12.4 Å². The number of nitrogens with one attached hydrogen (secondary N) is 1. The first-order chi connectivity index (χ1) is 12.8. The Hall–Kier alpha value is -2.11. The fourth-order valence-corrected chi connectivity index (χ4v) is 5.93. The molecule has 0 atom stereocenters. The Morgan fingerprint density at radius 2 is 1.35 bits per heavy atom. The first-order valence-electron chi connectivity index (χ1n) is 9.55. The quantitative estimate of drug-likeness (QED) is 0.428. The summed E-state index contributed by atoms with van der Waals surface area (Å²) in [6.07, 6.45) is 4.95. The van der Waals surface area contributed by atoms with Crippen molar-refractivity contribution < 1.29 is 0 Å². The summed E-state index contributed by atoms with van der Waals surface area (Å²) in [6.45, 7) is 2.26. The highest BCUT2D eigenvalue weighted by molar-refractivity contribution is 7.80. The van der Waals surface area contributed by atoms with E-state index in [1.54, 1.807) is 0 Å². The van der Waals surface area contributed by atoms with Gasteiger partial charge in [-0.05, 0) is 36.9 Å². The zero-order chi connectivity index (χ0) is 18.2. The van der Waals surface area contributed by atoms with Crippen LogP contribution in [0.4, 0.5) is 5.69 Å². The van der Waals surface area contributed by atoms with Crippen LogP contribution >= 0.6 is 7.92 Å². The molecule has 3 aromatic rings. The zero-order valence-electron chi connectivity index (χ0n) is 15.8. The Balaban J connectivity index is 2.08. The predicted molar refractivity (Wildman–Crippen MR) is 118 cm³/mol. The van der Waals surface area contributed by atoms with Crippen LogP contribution in [-0.4, -0.2) is 7.05 Å². The van der Waals surface area contributed by atoms with Crippen molar-refractivity contribution in [3.05, 3.63) is 84.4 Å². The normalized spacial score (nSPS) is 10.9. The van der Waals surface area contributed by atoms with Gasteiger partial charge in [0.25, 0.3) is 0 Å². The number of para-hydroxylation sites is 1. The lowest BCUT2D eigenvalue weighted by molar-refractivity contribution is 0.718. The molecule has 0 aliphatic heterocycles. The molecule has 0 saturated heterocycles. The fraction of sp³-hybridized carbons (Fsp3) is 0.250. The monoisotopic (exact) mass is 361 g/mol. The summed E-state index contributed by atoms with van der Waals surface area (Å²) in [5, 5.41) is 7.75. The fourth-order valence-electron chi connectivity index (χ4n) is 3.42. The summed E-state index contributed by atoms with van der Waals surface area (Å²) in [4.78, 5) is 0. The maximum atomic E-state index is 3.53. The third-order valence-electron chi connectivity index (χ3n) is 4.70. The molecule has 1 nitrogen and oxygen atoms in total. The van der Waals surface area contributed by atoms with Gasteiger partial charge in [-0.2, -0.15) is 0 Å². The van der Waals surface area contributed by atoms with Crippen LogP contribution in [0.25, 0.3) is 0 Å². The molecule has 0 heterocycles. The van der Waals surface area contributed by atoms with Gasteiger partial charge in [0.2, 0.25) is 0 Å². The van der Waals surface area contributed by atoms with Crippen molar-refractivity contribution in [2.24, 2.45) is 0 Å². The molecule has 0 fully saturated rings. The molecule has 0 bridgehead atoms. The van der Waals surface area contributed by atoms with Gasteiger partial charge in [0.1, 0.15) is 0 Å². The van der Waals surface area contributed by atoms with E-state index >= 15 is 0 Å². The number of rotatable bonds is 8. The van der Waals surface area contributed by atoms with E-state index in [1.807, 2.05) is 0 Å². The van der Waals surface area contributed by atoms with Crippen molar-refractivity contribution in [3.63, 3.8) is 0 Å². The number of unbranched alkanes of at least 4 members (excludes halogenated alkanes) is 2. The summed E-state index contributed by atoms with van der Waals surface area (Å²) >= 11 is 0. The molecule has 134 valence electrons. The summed E-state index contributed by atoms with van der Waals surface area (Å²) in [6, 6.07) is 28.7. The van der Waals surface area contributed by atoms with Crippen molar-refractivity contribution in [3.8, 4) is 0 Å². The van der Waals surface area contributed by atoms with Crippen LogP contribution in [0, 0.1) is 0 Å². The number of aryl methyl sites for hydroxylation is 1. The highest BCUT2D eigenvalue weighted by Crippen LogP contribution is 2.36. The van der Waals surface area contributed by atoms with Crippen LogP contribution in [0.15, 0.2) is 78.9 Å². The van der Waals surface area contributed by atoms with Crippen molar-refractivity contribution in [2.45, 2.75) is 32.6 Å². The van der Waals surface area contributed by atoms with Crippen LogP contribution in [0.1, 0.15) is 31.7 Å². The number of anilines is 1. The van der Waals surface area contributed by atoms with Crippen LogP contribution in [0.5, 0.6) is 0 Å². The molecule has 0 saturated carbocycles. The van der Waals surface area contributed by atoms with Crippen LogP contribution in [0.3, 0.4) is 0 Å². The third kappa shape index (κ3) is 4.34. The van der Waals surface area contributed by atoms with Crippen molar-refractivity contribution in [1.82, 2.24) is 0 Å². The minimum absolute atomic E-state index is 0.570. The third-order valence-corrected chi connectivity index (χ3v) is 7.18. The van der Waals surface area contributed by atoms with E-state index in [2.05, 4.69) is 98.2 Å². The highest BCUT2D eigenvalue weighted by atomic mass is 31.1. The summed E-state index contributed by atoms with van der Waals surface area (Å²) < 4.78 is 0. The van der Waals surface area contributed by atoms with Gasteiger partial charge < -0.3 is 5.32 Å². The lowest BCUT2D eigenvalue weighted by atomic mass is 10.1. The van der Waals surface area contributed by atoms with E-state index in [0.717, 1.165) is 6.42 Å². The maximum Gasteiger partial charge on any atom is 0.0454 e. The first-order valence-corrected chi connectivity index (χ1v) is 10.9. The van der Waals surface area contributed by atoms with Gasteiger partial charge in [-0.1, -0.05) is 98.6 Å². The molecule has 0 aliphatic carbocycles. The second-order valence-electron chi connectivity index (χ2n) is 6.52. The molecular weight excluding hydrogens is 333 g/mol. The van der Waals surface area contributed by atoms with Crippen molar-refractivity contribution >= 4 is 29.5 Å². The van der Waals surface area contributed by atoms with Gasteiger partial charge >= 0.3 is 0 Å². The lowest BCUT2D eigenvalue weighted by Crippen LogP contribution is -2.23. The molecule has 0 radical (unpaired) electrons. The van der Waals surface area contributed by atoms with E-state index in [-0.39, 0.29) is 0 Å². The molecule has 3 aromatic carbocycles. The second kappa shape index (κ2) is 9.55. The van der Waals surface area contributed by atoms with Gasteiger partial charge in [0, 0.05) is 18.0 Å². The molecular formula is C24H28NP. The van der Waals surface area contributed by atoms with Gasteiger partial charge in [0.05, 0.1) is 0 Å². The van der Waals surface area contributed by atoms with Gasteiger partial charge in [-0.3, -0.25) is 0 Å². The standard InChI is InChI=1S/C24H28NP/c1-3-4-7-13-20-14-12-19-23(24(20)25-2)26(21-15-8-5-9-16-21)22-17-10-6-11-18-22/h5-6,8-12,14-19,25H,3-4,7,13H2,1-2H3. The van der Waals surface area contributed by atoms with Gasteiger partial charge in [0.15, 0.2) is 0 Å². The van der Waals surface area contributed by atoms with Gasteiger partial charge in [-0.15, -0.1) is 0 Å². The average Bonchev–Trinajstić information content (AvgIpc) is 2.70. The molecule has 0 unspecified atom stereocenters. The minimum atomic E-state index is -0.570. The number of hydrogen-bond donors (Lipinski definition) is 1. The van der Waals surface area contributed by atoms with E-state index < -0.39 is 7.92 Å². The van der Waals surface area contributed by atoms with E-state index in [0.29, 0.717) is 0 Å². The summed E-state index contributed by atoms with van der Waals surface area (Å²) in [5.74, 6) is 0. The Morgan fingerprint density at radius 3 is 1.88 bits per heavy atom. The van der Waals surface area contributed by atoms with Gasteiger partial charge in [-0.25, -0.2) is 0 Å². The molecule has 2 heteroatoms. The molecule has 0 spiro atoms. The Labute approximate surface area is 159 Å². The zero-order valence-corrected chi connectivity index (χ0v) is 16.7. The summed E-state index contributed by atoms with van der Waals surface area (Å²) in [7, 11) is 1.49. The SMILES string of the molecule is CCCCCc1cccc(P(c2ccccc2)c2ccccc2)c1NC. The predicted octanol–water partition coefficient (Wildman–Crippen LogP) is 5.22. The Morgan fingerprint density at radius 1 is 0.731 bits per heavy atom. The van der Waals surface area contributed by atoms with Crippen LogP contribution in [0.2, 0.25) is 0 Å². The Bertz CT molecular complexity index is 759. The first kappa shape index (κ1) is 18.7. The average molecular weight is 361 g/mol. The number of hydrogen-bond acceptors (Lipinski definition) is 1. The van der Waals surface area contributed by atoms with Crippen molar-refractivity contribution in [1.29, 1.82) is 0 Å². The smallest absolute Gasteiger partial charge is 0.0454 e. The number of benzene rings is 3. The van der Waals surface area contributed by atoms with E-state index in [9.17, 15) is 0 Å². The van der Waals surface area contributed by atoms with E-state index in [1.165, 1.54) is 46.4 Å². The Kier molecular flexibility index (Phi) is 6.86. The molecule has 0 aliphatic rings. The molecule has 0 amide bonds. The largest absolute Gasteiger partial charge is 0.387 e. The van der Waals surface area contributed by atoms with Crippen LogP contribution < -0.4 is 21.2 Å².